The Bertz CT molecular complexity index is 328. The van der Waals surface area contributed by atoms with Crippen LogP contribution in [0.4, 0.5) is 0 Å². The first kappa shape index (κ1) is 10.4. The summed E-state index contributed by atoms with van der Waals surface area (Å²) in [4.78, 5) is 12.7. The molecule has 1 aromatic rings. The van der Waals surface area contributed by atoms with Gasteiger partial charge in [0.1, 0.15) is 5.76 Å². The molecule has 0 atom stereocenters. The molecule has 1 saturated carbocycles. The molecular weight excluding hydrogens is 190 g/mol. The van der Waals surface area contributed by atoms with E-state index in [0.29, 0.717) is 5.76 Å². The highest BCUT2D eigenvalue weighted by Crippen LogP contribution is 2.27. The number of aldehydes is 1. The maximum atomic E-state index is 10.4. The topological polar surface area (TPSA) is 33.5 Å². The highest BCUT2D eigenvalue weighted by Gasteiger charge is 2.19. The van der Waals surface area contributed by atoms with Crippen LogP contribution in [0.25, 0.3) is 0 Å². The molecule has 1 aliphatic carbocycles. The minimum atomic E-state index is 0.419. The minimum Gasteiger partial charge on any atom is -0.457 e. The summed E-state index contributed by atoms with van der Waals surface area (Å²) in [5, 5.41) is 0. The third kappa shape index (κ3) is 2.69. The molecule has 2 rings (SSSR count). The van der Waals surface area contributed by atoms with Crippen LogP contribution in [-0.4, -0.2) is 24.8 Å². The van der Waals surface area contributed by atoms with Crippen LogP contribution < -0.4 is 0 Å². The molecule has 3 heteroatoms. The zero-order valence-electron chi connectivity index (χ0n) is 9.11. The summed E-state index contributed by atoms with van der Waals surface area (Å²) in [6.45, 7) is 1.93. The van der Waals surface area contributed by atoms with Gasteiger partial charge in [-0.2, -0.15) is 0 Å². The lowest BCUT2D eigenvalue weighted by Gasteiger charge is -2.29. The van der Waals surface area contributed by atoms with Gasteiger partial charge in [0.2, 0.25) is 0 Å². The summed E-state index contributed by atoms with van der Waals surface area (Å²) in [6, 6.07) is 3.60. The number of rotatable bonds is 5. The molecule has 0 N–H and O–H groups in total. The molecule has 1 aliphatic rings. The number of hydrogen-bond donors (Lipinski definition) is 0. The smallest absolute Gasteiger partial charge is 0.185 e. The van der Waals surface area contributed by atoms with Crippen molar-refractivity contribution < 1.29 is 9.21 Å². The molecular formula is C12H17NO2. The largest absolute Gasteiger partial charge is 0.457 e. The molecule has 0 bridgehead atoms. The quantitative estimate of drug-likeness (QED) is 0.695. The van der Waals surface area contributed by atoms with Crippen LogP contribution in [0.3, 0.4) is 0 Å². The fourth-order valence-corrected chi connectivity index (χ4v) is 1.99. The van der Waals surface area contributed by atoms with Crippen molar-refractivity contribution in [3.63, 3.8) is 0 Å². The highest BCUT2D eigenvalue weighted by molar-refractivity contribution is 5.70. The van der Waals surface area contributed by atoms with Crippen molar-refractivity contribution in [1.29, 1.82) is 0 Å². The molecule has 1 aromatic heterocycles. The van der Waals surface area contributed by atoms with Gasteiger partial charge in [0.25, 0.3) is 0 Å². The van der Waals surface area contributed by atoms with Crippen molar-refractivity contribution >= 4 is 6.29 Å². The lowest BCUT2D eigenvalue weighted by Crippen LogP contribution is -2.28. The number of hydrogen-bond acceptors (Lipinski definition) is 3. The second-order valence-electron chi connectivity index (χ2n) is 4.42. The van der Waals surface area contributed by atoms with Crippen molar-refractivity contribution in [2.45, 2.75) is 25.8 Å². The molecule has 0 aromatic carbocycles. The summed E-state index contributed by atoms with van der Waals surface area (Å²) in [7, 11) is 2.10. The van der Waals surface area contributed by atoms with Gasteiger partial charge in [-0.3, -0.25) is 9.69 Å². The van der Waals surface area contributed by atoms with Crippen molar-refractivity contribution in [2.24, 2.45) is 5.92 Å². The van der Waals surface area contributed by atoms with Crippen molar-refractivity contribution in [1.82, 2.24) is 4.90 Å². The van der Waals surface area contributed by atoms with E-state index >= 15 is 0 Å². The number of carbonyl (C=O) groups is 1. The molecule has 0 amide bonds. The first-order chi connectivity index (χ1) is 7.28. The Hall–Kier alpha value is -1.09. The van der Waals surface area contributed by atoms with Gasteiger partial charge in [-0.1, -0.05) is 6.42 Å². The van der Waals surface area contributed by atoms with Gasteiger partial charge in [-0.15, -0.1) is 0 Å². The molecule has 3 nitrogen and oxygen atoms in total. The summed E-state index contributed by atoms with van der Waals surface area (Å²) in [5.74, 6) is 2.16. The zero-order valence-corrected chi connectivity index (χ0v) is 9.11. The Morgan fingerprint density at radius 3 is 2.87 bits per heavy atom. The zero-order chi connectivity index (χ0) is 10.7. The van der Waals surface area contributed by atoms with E-state index in [-0.39, 0.29) is 0 Å². The Morgan fingerprint density at radius 1 is 1.53 bits per heavy atom. The Morgan fingerprint density at radius 2 is 2.33 bits per heavy atom. The minimum absolute atomic E-state index is 0.419. The molecule has 0 spiro atoms. The van der Waals surface area contributed by atoms with Crippen LogP contribution >= 0.6 is 0 Å². The van der Waals surface area contributed by atoms with Gasteiger partial charge in [-0.25, -0.2) is 0 Å². The molecule has 0 unspecified atom stereocenters. The Balaban J connectivity index is 1.81. The van der Waals surface area contributed by atoms with Crippen molar-refractivity contribution in [2.75, 3.05) is 13.6 Å². The fraction of sp³-hybridized carbons (Fsp3) is 0.583. The summed E-state index contributed by atoms with van der Waals surface area (Å²) < 4.78 is 5.33. The van der Waals surface area contributed by atoms with E-state index in [4.69, 9.17) is 4.42 Å². The van der Waals surface area contributed by atoms with E-state index in [1.54, 1.807) is 6.07 Å². The maximum absolute atomic E-state index is 10.4. The Labute approximate surface area is 90.1 Å². The summed E-state index contributed by atoms with van der Waals surface area (Å²) in [6.07, 6.45) is 4.86. The first-order valence-corrected chi connectivity index (χ1v) is 5.50. The lowest BCUT2D eigenvalue weighted by atomic mass is 9.85. The molecule has 0 aliphatic heterocycles. The van der Waals surface area contributed by atoms with Crippen LogP contribution in [0.2, 0.25) is 0 Å². The van der Waals surface area contributed by atoms with E-state index in [2.05, 4.69) is 11.9 Å². The van der Waals surface area contributed by atoms with Gasteiger partial charge in [0.05, 0.1) is 6.54 Å². The average Bonchev–Trinajstić information content (AvgIpc) is 2.59. The third-order valence-corrected chi connectivity index (χ3v) is 3.02. The monoisotopic (exact) mass is 207 g/mol. The number of carbonyl (C=O) groups excluding carboxylic acids is 1. The van der Waals surface area contributed by atoms with Gasteiger partial charge in [-0.05, 0) is 37.9 Å². The predicted molar refractivity (Wildman–Crippen MR) is 57.8 cm³/mol. The maximum Gasteiger partial charge on any atom is 0.185 e. The number of furan rings is 1. The van der Waals surface area contributed by atoms with E-state index < -0.39 is 0 Å². The van der Waals surface area contributed by atoms with Gasteiger partial charge >= 0.3 is 0 Å². The fourth-order valence-electron chi connectivity index (χ4n) is 1.99. The lowest BCUT2D eigenvalue weighted by molar-refractivity contribution is 0.109. The standard InChI is InChI=1S/C12H17NO2/c1-13(7-10-3-2-4-10)8-11-5-6-12(9-14)15-11/h5-6,9-10H,2-4,7-8H2,1H3. The number of nitrogens with zero attached hydrogens (tertiary/aromatic N) is 1. The van der Waals surface area contributed by atoms with Gasteiger partial charge < -0.3 is 4.42 Å². The molecule has 82 valence electrons. The van der Waals surface area contributed by atoms with Crippen LogP contribution in [0, 0.1) is 5.92 Å². The Kier molecular flexibility index (Phi) is 3.21. The van der Waals surface area contributed by atoms with E-state index in [9.17, 15) is 4.79 Å². The van der Waals surface area contributed by atoms with Crippen LogP contribution in [0.1, 0.15) is 35.6 Å². The second-order valence-corrected chi connectivity index (χ2v) is 4.42. The highest BCUT2D eigenvalue weighted by atomic mass is 16.3. The SMILES string of the molecule is CN(Cc1ccc(C=O)o1)CC1CCC1. The predicted octanol–water partition coefficient (Wildman–Crippen LogP) is 2.32. The van der Waals surface area contributed by atoms with E-state index in [0.717, 1.165) is 31.1 Å². The second kappa shape index (κ2) is 4.62. The normalized spacial score (nSPS) is 16.7. The van der Waals surface area contributed by atoms with Crippen molar-refractivity contribution in [3.8, 4) is 0 Å². The van der Waals surface area contributed by atoms with Crippen LogP contribution in [0.15, 0.2) is 16.5 Å². The average molecular weight is 207 g/mol. The van der Waals surface area contributed by atoms with Gasteiger partial charge in [0.15, 0.2) is 12.0 Å². The van der Waals surface area contributed by atoms with Crippen LogP contribution in [-0.2, 0) is 6.54 Å². The molecule has 1 fully saturated rings. The first-order valence-electron chi connectivity index (χ1n) is 5.50. The molecule has 1 heterocycles. The summed E-state index contributed by atoms with van der Waals surface area (Å²) in [5.41, 5.74) is 0. The molecule has 0 saturated heterocycles. The van der Waals surface area contributed by atoms with Gasteiger partial charge in [0, 0.05) is 6.54 Å². The summed E-state index contributed by atoms with van der Waals surface area (Å²) >= 11 is 0. The van der Waals surface area contributed by atoms with Crippen molar-refractivity contribution in [3.05, 3.63) is 23.7 Å². The molecule has 15 heavy (non-hydrogen) atoms. The van der Waals surface area contributed by atoms with Crippen LogP contribution in [0.5, 0.6) is 0 Å². The van der Waals surface area contributed by atoms with E-state index in [1.165, 1.54) is 19.3 Å². The molecule has 0 radical (unpaired) electrons. The van der Waals surface area contributed by atoms with E-state index in [1.807, 2.05) is 6.07 Å². The third-order valence-electron chi connectivity index (χ3n) is 3.02.